The average Bonchev–Trinajstić information content (AvgIpc) is 4.23. The molecule has 70 heavy (non-hydrogen) atoms. The molecule has 0 atom stereocenters. The second kappa shape index (κ2) is 14.3. The van der Waals surface area contributed by atoms with Gasteiger partial charge in [0.25, 0.3) is 0 Å². The van der Waals surface area contributed by atoms with Crippen molar-refractivity contribution >= 4 is 122 Å². The van der Waals surface area contributed by atoms with Gasteiger partial charge in [-0.3, -0.25) is 0 Å². The van der Waals surface area contributed by atoms with Crippen molar-refractivity contribution in [1.29, 1.82) is 0 Å². The van der Waals surface area contributed by atoms with Gasteiger partial charge < -0.3 is 18.6 Å². The number of rotatable bonds is 4. The molecule has 0 saturated heterocycles. The predicted octanol–water partition coefficient (Wildman–Crippen LogP) is 19.5. The largest absolute Gasteiger partial charge is 0.456 e. The summed E-state index contributed by atoms with van der Waals surface area (Å²) in [6, 6.07) is 67.3. The van der Waals surface area contributed by atoms with Crippen molar-refractivity contribution in [2.24, 2.45) is 0 Å². The van der Waals surface area contributed by atoms with Gasteiger partial charge in [0.1, 0.15) is 22.3 Å². The summed E-state index contributed by atoms with van der Waals surface area (Å²) in [4.78, 5) is 7.43. The van der Waals surface area contributed by atoms with Crippen LogP contribution in [-0.2, 0) is 10.8 Å². The molecular formula is C64H44N2O2S2. The predicted molar refractivity (Wildman–Crippen MR) is 296 cm³/mol. The number of hydrogen-bond acceptors (Lipinski definition) is 6. The van der Waals surface area contributed by atoms with E-state index >= 15 is 0 Å². The molecule has 0 bridgehead atoms. The monoisotopic (exact) mass is 936 g/mol. The van der Waals surface area contributed by atoms with Crippen molar-refractivity contribution < 1.29 is 8.83 Å². The van der Waals surface area contributed by atoms with Gasteiger partial charge >= 0.3 is 0 Å². The van der Waals surface area contributed by atoms with Crippen LogP contribution >= 0.6 is 22.7 Å². The maximum Gasteiger partial charge on any atom is 0.137 e. The summed E-state index contributed by atoms with van der Waals surface area (Å²) >= 11 is 3.61. The van der Waals surface area contributed by atoms with Crippen LogP contribution < -0.4 is 9.80 Å². The number of hydrogen-bond donors (Lipinski definition) is 0. The van der Waals surface area contributed by atoms with Gasteiger partial charge in [-0.2, -0.15) is 0 Å². The van der Waals surface area contributed by atoms with Gasteiger partial charge in [0.2, 0.25) is 0 Å². The lowest BCUT2D eigenvalue weighted by Crippen LogP contribution is -2.30. The zero-order valence-electron chi connectivity index (χ0n) is 39.0. The summed E-state index contributed by atoms with van der Waals surface area (Å²) in [5.74, 6) is 0. The molecule has 0 radical (unpaired) electrons. The smallest absolute Gasteiger partial charge is 0.137 e. The SMILES string of the molecule is CC1(C)c2ccccc2N(c2ccc3c(-c4cccs4)c4cc(N5c6ccccc6C(C)(C)c6cc7c(cc65)oc5ccccc57)ccc4c(-c4cccs4)c3c2)c2cc3oc4ccccc4c3cc21. The molecule has 6 heteroatoms. The maximum atomic E-state index is 6.60. The third kappa shape index (κ3) is 5.46. The van der Waals surface area contributed by atoms with Crippen LogP contribution in [0.5, 0.6) is 0 Å². The fourth-order valence-electron chi connectivity index (χ4n) is 12.2. The first-order chi connectivity index (χ1) is 34.2. The average molecular weight is 937 g/mol. The Balaban J connectivity index is 0.996. The van der Waals surface area contributed by atoms with Crippen molar-refractivity contribution in [3.05, 3.63) is 215 Å². The zero-order valence-corrected chi connectivity index (χ0v) is 40.6. The number of anilines is 6. The van der Waals surface area contributed by atoms with Crippen LogP contribution in [0.15, 0.2) is 202 Å². The highest BCUT2D eigenvalue weighted by atomic mass is 32.1. The van der Waals surface area contributed by atoms with E-state index in [1.165, 1.54) is 76.1 Å². The third-order valence-electron chi connectivity index (χ3n) is 15.6. The normalized spacial score (nSPS) is 14.7. The molecule has 0 amide bonds. The van der Waals surface area contributed by atoms with E-state index in [9.17, 15) is 0 Å². The Morgan fingerprint density at radius 3 is 1.20 bits per heavy atom. The van der Waals surface area contributed by atoms with Crippen LogP contribution in [0.2, 0.25) is 0 Å². The Morgan fingerprint density at radius 1 is 0.329 bits per heavy atom. The molecule has 2 aliphatic rings. The van der Waals surface area contributed by atoms with Gasteiger partial charge in [0.05, 0.1) is 22.7 Å². The summed E-state index contributed by atoms with van der Waals surface area (Å²) in [7, 11) is 0. The Labute approximate surface area is 412 Å². The van der Waals surface area contributed by atoms with Crippen LogP contribution in [-0.4, -0.2) is 0 Å². The van der Waals surface area contributed by atoms with Crippen molar-refractivity contribution in [3.63, 3.8) is 0 Å². The van der Waals surface area contributed by atoms with Gasteiger partial charge in [-0.25, -0.2) is 0 Å². The van der Waals surface area contributed by atoms with Crippen molar-refractivity contribution in [1.82, 2.24) is 0 Å². The molecule has 0 N–H and O–H groups in total. The van der Waals surface area contributed by atoms with Crippen LogP contribution in [0.1, 0.15) is 49.9 Å². The number of para-hydroxylation sites is 4. The van der Waals surface area contributed by atoms with Crippen LogP contribution in [0, 0.1) is 0 Å². The van der Waals surface area contributed by atoms with Gasteiger partial charge in [-0.1, -0.05) is 125 Å². The second-order valence-electron chi connectivity index (χ2n) is 20.0. The maximum absolute atomic E-state index is 6.60. The Bertz CT molecular complexity index is 4040. The molecule has 334 valence electrons. The Kier molecular flexibility index (Phi) is 8.20. The first-order valence-electron chi connectivity index (χ1n) is 24.0. The fraction of sp³-hybridized carbons (Fsp3) is 0.0938. The highest BCUT2D eigenvalue weighted by Crippen LogP contribution is 2.57. The van der Waals surface area contributed by atoms with E-state index in [0.717, 1.165) is 66.6 Å². The molecule has 13 aromatic rings. The minimum atomic E-state index is -0.253. The van der Waals surface area contributed by atoms with Gasteiger partial charge in [-0.15, -0.1) is 22.7 Å². The van der Waals surface area contributed by atoms with E-state index < -0.39 is 0 Å². The number of nitrogens with zero attached hydrogens (tertiary/aromatic N) is 2. The molecule has 9 aromatic carbocycles. The number of thiophene rings is 2. The molecule has 0 spiro atoms. The fourth-order valence-corrected chi connectivity index (χ4v) is 13.8. The molecule has 0 fully saturated rings. The lowest BCUT2D eigenvalue weighted by atomic mass is 9.73. The van der Waals surface area contributed by atoms with E-state index in [-0.39, 0.29) is 10.8 Å². The minimum absolute atomic E-state index is 0.253. The summed E-state index contributed by atoms with van der Waals surface area (Å²) < 4.78 is 13.2. The summed E-state index contributed by atoms with van der Waals surface area (Å²) in [5, 5.41) is 13.9. The standard InChI is InChI=1S/C64H44N2O2S2/c1-63(2)47-17-7-9-19-51(47)65(53-35-57-43(33-49(53)63)39-15-5-11-21-55(39)67-57)37-25-27-41-45(31-37)61(59-23-13-29-69-59)42-28-26-38(32-46(42)62(41)60-24-14-30-70-60)66-52-20-10-8-18-48(52)64(3,4)50-34-44-40-16-6-12-22-56(40)68-58(44)36-54(50)66/h5-36H,1-4H3. The molecule has 0 saturated carbocycles. The molecular weight excluding hydrogens is 893 g/mol. The lowest BCUT2D eigenvalue weighted by Gasteiger charge is -2.42. The molecule has 0 aliphatic carbocycles. The zero-order chi connectivity index (χ0) is 46.6. The third-order valence-corrected chi connectivity index (χ3v) is 17.4. The quantitative estimate of drug-likeness (QED) is 0.165. The second-order valence-corrected chi connectivity index (χ2v) is 21.9. The van der Waals surface area contributed by atoms with Gasteiger partial charge in [0, 0.05) is 76.8 Å². The van der Waals surface area contributed by atoms with E-state index in [1.54, 1.807) is 22.7 Å². The minimum Gasteiger partial charge on any atom is -0.456 e. The van der Waals surface area contributed by atoms with Crippen LogP contribution in [0.4, 0.5) is 34.1 Å². The first-order valence-corrected chi connectivity index (χ1v) is 25.8. The molecule has 4 aromatic heterocycles. The Morgan fingerprint density at radius 2 is 0.757 bits per heavy atom. The van der Waals surface area contributed by atoms with E-state index in [4.69, 9.17) is 8.83 Å². The number of benzene rings is 9. The van der Waals surface area contributed by atoms with Crippen LogP contribution in [0.3, 0.4) is 0 Å². The van der Waals surface area contributed by atoms with Crippen molar-refractivity contribution in [3.8, 4) is 20.9 Å². The van der Waals surface area contributed by atoms with Crippen molar-refractivity contribution in [2.45, 2.75) is 38.5 Å². The van der Waals surface area contributed by atoms with Crippen molar-refractivity contribution in [2.75, 3.05) is 9.80 Å². The summed E-state index contributed by atoms with van der Waals surface area (Å²) in [6.07, 6.45) is 0. The van der Waals surface area contributed by atoms with E-state index in [2.05, 4.69) is 230 Å². The molecule has 2 aliphatic heterocycles. The lowest BCUT2D eigenvalue weighted by molar-refractivity contribution is 0.630. The molecule has 15 rings (SSSR count). The van der Waals surface area contributed by atoms with E-state index in [0.29, 0.717) is 0 Å². The summed E-state index contributed by atoms with van der Waals surface area (Å²) in [6.45, 7) is 9.45. The highest BCUT2D eigenvalue weighted by molar-refractivity contribution is 7.14. The van der Waals surface area contributed by atoms with E-state index in [1.807, 2.05) is 0 Å². The molecule has 0 unspecified atom stereocenters. The highest BCUT2D eigenvalue weighted by Gasteiger charge is 2.40. The first kappa shape index (κ1) is 40.0. The number of fused-ring (bicyclic) bond motifs is 12. The van der Waals surface area contributed by atoms with Crippen LogP contribution in [0.25, 0.3) is 86.3 Å². The summed E-state index contributed by atoms with van der Waals surface area (Å²) in [5.41, 5.74) is 17.6. The Hall–Kier alpha value is -7.90. The topological polar surface area (TPSA) is 32.8 Å². The van der Waals surface area contributed by atoms with Gasteiger partial charge in [0.15, 0.2) is 0 Å². The molecule has 6 heterocycles. The van der Waals surface area contributed by atoms with Gasteiger partial charge in [-0.05, 0) is 127 Å². The number of furan rings is 2. The molecule has 4 nitrogen and oxygen atoms in total.